The first-order valence-electron chi connectivity index (χ1n) is 9.74. The van der Waals surface area contributed by atoms with Gasteiger partial charge in [-0.25, -0.2) is 5.43 Å². The van der Waals surface area contributed by atoms with Crippen LogP contribution in [-0.4, -0.2) is 38.8 Å². The van der Waals surface area contributed by atoms with Crippen molar-refractivity contribution in [1.29, 1.82) is 0 Å². The van der Waals surface area contributed by atoms with Crippen LogP contribution in [0.5, 0.6) is 23.0 Å². The van der Waals surface area contributed by atoms with E-state index in [1.807, 2.05) is 0 Å². The Hall–Kier alpha value is -4.04. The fourth-order valence-corrected chi connectivity index (χ4v) is 2.94. The topological polar surface area (TPSA) is 128 Å². The second-order valence-corrected chi connectivity index (χ2v) is 8.01. The fraction of sp³-hybridized carbons (Fsp3) is 0.125. The molecule has 0 aliphatic heterocycles. The lowest BCUT2D eigenvalue weighted by atomic mass is 10.0. The standard InChI is InChI=1S/C24H21ClN2O6/c1-24(2,23(32)27-26-13-19-20(29)11-17(28)12-21(19)30)33-18-9-5-15(6-10-18)22(31)14-3-7-16(25)8-4-14/h3-13,28-30H,1-2H3,(H,27,32)/b26-13+. The summed E-state index contributed by atoms with van der Waals surface area (Å²) < 4.78 is 5.74. The van der Waals surface area contributed by atoms with Gasteiger partial charge in [0.15, 0.2) is 11.4 Å². The Morgan fingerprint density at radius 2 is 1.45 bits per heavy atom. The van der Waals surface area contributed by atoms with Gasteiger partial charge in [0.25, 0.3) is 5.91 Å². The van der Waals surface area contributed by atoms with E-state index in [1.54, 1.807) is 48.5 Å². The van der Waals surface area contributed by atoms with E-state index in [-0.39, 0.29) is 17.1 Å². The minimum absolute atomic E-state index is 0.0761. The molecule has 0 saturated carbocycles. The van der Waals surface area contributed by atoms with Crippen LogP contribution in [0.4, 0.5) is 0 Å². The molecular formula is C24H21ClN2O6. The molecule has 0 heterocycles. The van der Waals surface area contributed by atoms with E-state index in [2.05, 4.69) is 10.5 Å². The molecule has 3 aromatic carbocycles. The van der Waals surface area contributed by atoms with Crippen LogP contribution in [0.2, 0.25) is 5.02 Å². The molecule has 0 fully saturated rings. The minimum Gasteiger partial charge on any atom is -0.508 e. The number of amides is 1. The van der Waals surface area contributed by atoms with E-state index in [4.69, 9.17) is 16.3 Å². The molecule has 0 aromatic heterocycles. The molecule has 3 aromatic rings. The van der Waals surface area contributed by atoms with Crippen LogP contribution in [0.1, 0.15) is 35.3 Å². The summed E-state index contributed by atoms with van der Waals surface area (Å²) in [4.78, 5) is 25.0. The average molecular weight is 469 g/mol. The zero-order valence-electron chi connectivity index (χ0n) is 17.7. The average Bonchev–Trinajstić information content (AvgIpc) is 2.75. The highest BCUT2D eigenvalue weighted by Crippen LogP contribution is 2.30. The third-order valence-electron chi connectivity index (χ3n) is 4.62. The molecule has 33 heavy (non-hydrogen) atoms. The Balaban J connectivity index is 1.64. The molecule has 3 rings (SSSR count). The number of aromatic hydroxyl groups is 3. The van der Waals surface area contributed by atoms with Crippen molar-refractivity contribution in [3.05, 3.63) is 82.4 Å². The maximum absolute atomic E-state index is 12.6. The molecule has 4 N–H and O–H groups in total. The molecule has 0 saturated heterocycles. The maximum atomic E-state index is 12.6. The third kappa shape index (κ3) is 5.81. The summed E-state index contributed by atoms with van der Waals surface area (Å²) >= 11 is 5.85. The van der Waals surface area contributed by atoms with Gasteiger partial charge in [0.2, 0.25) is 0 Å². The number of phenolic OH excluding ortho intramolecular Hbond substituents is 3. The smallest absolute Gasteiger partial charge is 0.283 e. The lowest BCUT2D eigenvalue weighted by molar-refractivity contribution is -0.134. The van der Waals surface area contributed by atoms with Crippen LogP contribution >= 0.6 is 11.6 Å². The van der Waals surface area contributed by atoms with Crippen molar-refractivity contribution < 1.29 is 29.6 Å². The minimum atomic E-state index is -1.34. The molecule has 170 valence electrons. The quantitative estimate of drug-likeness (QED) is 0.236. The molecule has 0 aliphatic rings. The fourth-order valence-electron chi connectivity index (χ4n) is 2.81. The number of ether oxygens (including phenoxy) is 1. The van der Waals surface area contributed by atoms with Gasteiger partial charge in [0, 0.05) is 28.3 Å². The van der Waals surface area contributed by atoms with E-state index >= 15 is 0 Å². The number of hydrazone groups is 1. The molecule has 9 heteroatoms. The summed E-state index contributed by atoms with van der Waals surface area (Å²) in [6, 6.07) is 14.9. The van der Waals surface area contributed by atoms with Crippen molar-refractivity contribution in [1.82, 2.24) is 5.43 Å². The molecule has 8 nitrogen and oxygen atoms in total. The van der Waals surface area contributed by atoms with E-state index in [1.165, 1.54) is 13.8 Å². The highest BCUT2D eigenvalue weighted by Gasteiger charge is 2.30. The number of carbonyl (C=O) groups excluding carboxylic acids is 2. The predicted molar refractivity (Wildman–Crippen MR) is 123 cm³/mol. The number of hydrogen-bond donors (Lipinski definition) is 4. The van der Waals surface area contributed by atoms with Gasteiger partial charge in [-0.3, -0.25) is 9.59 Å². The SMILES string of the molecule is CC(C)(Oc1ccc(C(=O)c2ccc(Cl)cc2)cc1)C(=O)N/N=C/c1c(O)cc(O)cc1O. The predicted octanol–water partition coefficient (Wildman–Crippen LogP) is 4.00. The molecular weight excluding hydrogens is 448 g/mol. The Bertz CT molecular complexity index is 1180. The van der Waals surface area contributed by atoms with Gasteiger partial charge in [0.05, 0.1) is 11.8 Å². The maximum Gasteiger partial charge on any atom is 0.283 e. The molecule has 0 bridgehead atoms. The van der Waals surface area contributed by atoms with Crippen LogP contribution in [0.25, 0.3) is 0 Å². The first-order valence-corrected chi connectivity index (χ1v) is 10.1. The summed E-state index contributed by atoms with van der Waals surface area (Å²) in [5.74, 6) is -1.55. The Labute approximate surface area is 194 Å². The molecule has 0 radical (unpaired) electrons. The third-order valence-corrected chi connectivity index (χ3v) is 4.88. The number of halogens is 1. The molecule has 0 spiro atoms. The number of nitrogens with zero attached hydrogens (tertiary/aromatic N) is 1. The lowest BCUT2D eigenvalue weighted by Crippen LogP contribution is -2.44. The number of phenols is 3. The summed E-state index contributed by atoms with van der Waals surface area (Å²) in [6.07, 6.45) is 1.04. The normalized spacial score (nSPS) is 11.4. The number of carbonyl (C=O) groups is 2. The second kappa shape index (κ2) is 9.62. The van der Waals surface area contributed by atoms with Crippen molar-refractivity contribution >= 4 is 29.5 Å². The number of benzene rings is 3. The number of nitrogens with one attached hydrogen (secondary N) is 1. The van der Waals surface area contributed by atoms with E-state index in [0.29, 0.717) is 21.9 Å². The van der Waals surface area contributed by atoms with Gasteiger partial charge < -0.3 is 20.1 Å². The summed E-state index contributed by atoms with van der Waals surface area (Å²) in [7, 11) is 0. The second-order valence-electron chi connectivity index (χ2n) is 7.57. The summed E-state index contributed by atoms with van der Waals surface area (Å²) in [6.45, 7) is 3.06. The lowest BCUT2D eigenvalue weighted by Gasteiger charge is -2.24. The Kier molecular flexibility index (Phi) is 6.89. The number of rotatable bonds is 7. The monoisotopic (exact) mass is 468 g/mol. The van der Waals surface area contributed by atoms with Gasteiger partial charge in [-0.05, 0) is 62.4 Å². The highest BCUT2D eigenvalue weighted by molar-refractivity contribution is 6.30. The van der Waals surface area contributed by atoms with Gasteiger partial charge >= 0.3 is 0 Å². The van der Waals surface area contributed by atoms with Crippen molar-refractivity contribution in [2.24, 2.45) is 5.10 Å². The van der Waals surface area contributed by atoms with Gasteiger partial charge in [-0.15, -0.1) is 0 Å². The number of ketones is 1. The van der Waals surface area contributed by atoms with Crippen LogP contribution in [0.3, 0.4) is 0 Å². The Morgan fingerprint density at radius 3 is 2.00 bits per heavy atom. The number of hydrogen-bond acceptors (Lipinski definition) is 7. The van der Waals surface area contributed by atoms with E-state index in [0.717, 1.165) is 18.3 Å². The van der Waals surface area contributed by atoms with Crippen LogP contribution in [-0.2, 0) is 4.79 Å². The van der Waals surface area contributed by atoms with Crippen molar-refractivity contribution in [3.8, 4) is 23.0 Å². The van der Waals surface area contributed by atoms with E-state index in [9.17, 15) is 24.9 Å². The Morgan fingerprint density at radius 1 is 0.939 bits per heavy atom. The van der Waals surface area contributed by atoms with Gasteiger partial charge in [-0.2, -0.15) is 5.10 Å². The van der Waals surface area contributed by atoms with Crippen LogP contribution < -0.4 is 10.2 Å². The first kappa shape index (κ1) is 23.6. The van der Waals surface area contributed by atoms with Crippen LogP contribution in [0, 0.1) is 0 Å². The van der Waals surface area contributed by atoms with Gasteiger partial charge in [-0.1, -0.05) is 11.6 Å². The van der Waals surface area contributed by atoms with E-state index < -0.39 is 23.0 Å². The first-order chi connectivity index (χ1) is 15.6. The van der Waals surface area contributed by atoms with Crippen molar-refractivity contribution in [3.63, 3.8) is 0 Å². The zero-order chi connectivity index (χ0) is 24.2. The highest BCUT2D eigenvalue weighted by atomic mass is 35.5. The van der Waals surface area contributed by atoms with Crippen molar-refractivity contribution in [2.45, 2.75) is 19.4 Å². The molecule has 1 amide bonds. The zero-order valence-corrected chi connectivity index (χ0v) is 18.5. The van der Waals surface area contributed by atoms with Gasteiger partial charge in [0.1, 0.15) is 23.0 Å². The summed E-state index contributed by atoms with van der Waals surface area (Å²) in [5, 5.41) is 33.1. The van der Waals surface area contributed by atoms with Crippen LogP contribution in [0.15, 0.2) is 65.8 Å². The molecule has 0 atom stereocenters. The molecule has 0 unspecified atom stereocenters. The van der Waals surface area contributed by atoms with Crippen molar-refractivity contribution in [2.75, 3.05) is 0 Å². The molecule has 0 aliphatic carbocycles. The largest absolute Gasteiger partial charge is 0.508 e. The summed E-state index contributed by atoms with van der Waals surface area (Å²) in [5.41, 5.74) is 1.81.